The van der Waals surface area contributed by atoms with Gasteiger partial charge in [0.1, 0.15) is 11.4 Å². The summed E-state index contributed by atoms with van der Waals surface area (Å²) in [6, 6.07) is 16.5. The fraction of sp³-hybridized carbons (Fsp3) is 0.250. The van der Waals surface area contributed by atoms with Crippen LogP contribution in [0.4, 0.5) is 0 Å². The average molecular weight is 289 g/mol. The van der Waals surface area contributed by atoms with E-state index in [1.807, 2.05) is 49.4 Å². The first kappa shape index (κ1) is 14.4. The van der Waals surface area contributed by atoms with E-state index in [4.69, 9.17) is 4.74 Å². The summed E-state index contributed by atoms with van der Waals surface area (Å²) >= 11 is 0. The monoisotopic (exact) mass is 289 g/mol. The second kappa shape index (κ2) is 5.35. The van der Waals surface area contributed by atoms with Crippen LogP contribution in [0.5, 0.6) is 5.75 Å². The molecule has 2 heteroatoms. The predicted octanol–water partition coefficient (Wildman–Crippen LogP) is 4.77. The molecule has 0 spiro atoms. The van der Waals surface area contributed by atoms with Gasteiger partial charge in [0.2, 0.25) is 0 Å². The van der Waals surface area contributed by atoms with E-state index in [2.05, 4.69) is 26.0 Å². The quantitative estimate of drug-likeness (QED) is 0.589. The standard InChI is InChI=1S/C20H19NO/c1-14-4-7-16(8-5-14)18(13-21)11-15-6-9-19-17(10-15)12-20(2,3)22-19/h4-11H,12H2,1-3H3/b18-11+. The normalized spacial score (nSPS) is 15.8. The molecular formula is C20H19NO. The fourth-order valence-electron chi connectivity index (χ4n) is 2.80. The molecule has 1 aliphatic heterocycles. The number of rotatable bonds is 2. The Bertz CT molecular complexity index is 776. The molecule has 22 heavy (non-hydrogen) atoms. The minimum atomic E-state index is -0.139. The SMILES string of the molecule is Cc1ccc(/C(C#N)=C/c2ccc3c(c2)CC(C)(C)O3)cc1. The summed E-state index contributed by atoms with van der Waals surface area (Å²) in [7, 11) is 0. The molecule has 0 unspecified atom stereocenters. The van der Waals surface area contributed by atoms with Gasteiger partial charge in [0.25, 0.3) is 0 Å². The van der Waals surface area contributed by atoms with Crippen molar-refractivity contribution in [2.75, 3.05) is 0 Å². The van der Waals surface area contributed by atoms with Crippen molar-refractivity contribution in [3.8, 4) is 11.8 Å². The van der Waals surface area contributed by atoms with Gasteiger partial charge in [-0.3, -0.25) is 0 Å². The third kappa shape index (κ3) is 2.89. The van der Waals surface area contributed by atoms with Gasteiger partial charge in [0, 0.05) is 6.42 Å². The molecule has 2 nitrogen and oxygen atoms in total. The third-order valence-corrected chi connectivity index (χ3v) is 3.88. The Kier molecular flexibility index (Phi) is 3.50. The minimum absolute atomic E-state index is 0.139. The van der Waals surface area contributed by atoms with Crippen LogP contribution in [-0.4, -0.2) is 5.60 Å². The Hall–Kier alpha value is -2.53. The Balaban J connectivity index is 1.95. The van der Waals surface area contributed by atoms with Crippen molar-refractivity contribution >= 4 is 11.6 Å². The zero-order valence-corrected chi connectivity index (χ0v) is 13.2. The zero-order chi connectivity index (χ0) is 15.7. The maximum absolute atomic E-state index is 9.44. The number of hydrogen-bond donors (Lipinski definition) is 0. The van der Waals surface area contributed by atoms with Crippen molar-refractivity contribution in [2.45, 2.75) is 32.8 Å². The molecule has 110 valence electrons. The van der Waals surface area contributed by atoms with Crippen LogP contribution >= 0.6 is 0 Å². The third-order valence-electron chi connectivity index (χ3n) is 3.88. The molecule has 0 bridgehead atoms. The second-order valence-corrected chi connectivity index (χ2v) is 6.44. The highest BCUT2D eigenvalue weighted by Gasteiger charge is 2.29. The Morgan fingerprint density at radius 3 is 2.59 bits per heavy atom. The summed E-state index contributed by atoms with van der Waals surface area (Å²) in [5, 5.41) is 9.44. The predicted molar refractivity (Wildman–Crippen MR) is 89.5 cm³/mol. The van der Waals surface area contributed by atoms with Crippen molar-refractivity contribution < 1.29 is 4.74 Å². The van der Waals surface area contributed by atoms with Crippen molar-refractivity contribution in [3.05, 3.63) is 64.7 Å². The topological polar surface area (TPSA) is 33.0 Å². The van der Waals surface area contributed by atoms with E-state index in [0.29, 0.717) is 5.57 Å². The Labute approximate surface area is 131 Å². The van der Waals surface area contributed by atoms with E-state index in [0.717, 1.165) is 23.3 Å². The highest BCUT2D eigenvalue weighted by Crippen LogP contribution is 2.35. The van der Waals surface area contributed by atoms with Crippen LogP contribution in [0.2, 0.25) is 0 Å². The lowest BCUT2D eigenvalue weighted by atomic mass is 9.98. The van der Waals surface area contributed by atoms with E-state index in [9.17, 15) is 5.26 Å². The van der Waals surface area contributed by atoms with Gasteiger partial charge >= 0.3 is 0 Å². The highest BCUT2D eigenvalue weighted by atomic mass is 16.5. The number of nitriles is 1. The summed E-state index contributed by atoms with van der Waals surface area (Å²) < 4.78 is 5.89. The summed E-state index contributed by atoms with van der Waals surface area (Å²) in [5.74, 6) is 0.955. The van der Waals surface area contributed by atoms with Crippen LogP contribution in [0.1, 0.15) is 36.1 Å². The molecule has 0 radical (unpaired) electrons. The van der Waals surface area contributed by atoms with Crippen LogP contribution in [0, 0.1) is 18.3 Å². The molecule has 0 saturated heterocycles. The molecule has 0 aliphatic carbocycles. The molecule has 3 rings (SSSR count). The maximum Gasteiger partial charge on any atom is 0.123 e. The van der Waals surface area contributed by atoms with E-state index < -0.39 is 0 Å². The molecule has 0 saturated carbocycles. The van der Waals surface area contributed by atoms with Crippen LogP contribution < -0.4 is 4.74 Å². The van der Waals surface area contributed by atoms with Crippen molar-refractivity contribution in [1.29, 1.82) is 5.26 Å². The van der Waals surface area contributed by atoms with E-state index in [1.165, 1.54) is 11.1 Å². The van der Waals surface area contributed by atoms with Gasteiger partial charge in [-0.05, 0) is 55.7 Å². The molecule has 0 fully saturated rings. The highest BCUT2D eigenvalue weighted by molar-refractivity contribution is 5.89. The number of hydrogen-bond acceptors (Lipinski definition) is 2. The average Bonchev–Trinajstić information content (AvgIpc) is 2.79. The van der Waals surface area contributed by atoms with Gasteiger partial charge in [0.15, 0.2) is 0 Å². The van der Waals surface area contributed by atoms with E-state index >= 15 is 0 Å². The summed E-state index contributed by atoms with van der Waals surface area (Å²) in [6.45, 7) is 6.23. The molecule has 0 N–H and O–H groups in total. The van der Waals surface area contributed by atoms with Crippen LogP contribution in [-0.2, 0) is 6.42 Å². The summed E-state index contributed by atoms with van der Waals surface area (Å²) in [6.07, 6.45) is 2.84. The van der Waals surface area contributed by atoms with Crippen LogP contribution in [0.15, 0.2) is 42.5 Å². The molecular weight excluding hydrogens is 270 g/mol. The van der Waals surface area contributed by atoms with Crippen molar-refractivity contribution in [3.63, 3.8) is 0 Å². The number of nitrogens with zero attached hydrogens (tertiary/aromatic N) is 1. The van der Waals surface area contributed by atoms with Crippen LogP contribution in [0.25, 0.3) is 11.6 Å². The lowest BCUT2D eigenvalue weighted by molar-refractivity contribution is 0.138. The first-order valence-corrected chi connectivity index (χ1v) is 7.48. The van der Waals surface area contributed by atoms with Gasteiger partial charge < -0.3 is 4.74 Å². The van der Waals surface area contributed by atoms with Gasteiger partial charge in [0.05, 0.1) is 11.6 Å². The zero-order valence-electron chi connectivity index (χ0n) is 13.2. The van der Waals surface area contributed by atoms with Gasteiger partial charge in [-0.25, -0.2) is 0 Å². The molecule has 2 aromatic carbocycles. The second-order valence-electron chi connectivity index (χ2n) is 6.44. The Morgan fingerprint density at radius 2 is 1.91 bits per heavy atom. The Morgan fingerprint density at radius 1 is 1.18 bits per heavy atom. The molecule has 2 aromatic rings. The molecule has 1 aliphatic rings. The minimum Gasteiger partial charge on any atom is -0.487 e. The summed E-state index contributed by atoms with van der Waals surface area (Å²) in [4.78, 5) is 0. The number of aryl methyl sites for hydroxylation is 1. The van der Waals surface area contributed by atoms with E-state index in [1.54, 1.807) is 0 Å². The number of fused-ring (bicyclic) bond motifs is 1. The first-order valence-electron chi connectivity index (χ1n) is 7.48. The largest absolute Gasteiger partial charge is 0.487 e. The van der Waals surface area contributed by atoms with E-state index in [-0.39, 0.29) is 5.60 Å². The first-order chi connectivity index (χ1) is 10.5. The van der Waals surface area contributed by atoms with Gasteiger partial charge in [-0.15, -0.1) is 0 Å². The van der Waals surface area contributed by atoms with Gasteiger partial charge in [-0.2, -0.15) is 5.26 Å². The van der Waals surface area contributed by atoms with Crippen molar-refractivity contribution in [2.24, 2.45) is 0 Å². The number of benzene rings is 2. The molecule has 0 aromatic heterocycles. The lowest BCUT2D eigenvalue weighted by Gasteiger charge is -2.16. The van der Waals surface area contributed by atoms with Crippen LogP contribution in [0.3, 0.4) is 0 Å². The van der Waals surface area contributed by atoms with Crippen molar-refractivity contribution in [1.82, 2.24) is 0 Å². The molecule has 1 heterocycles. The number of allylic oxidation sites excluding steroid dienone is 1. The smallest absolute Gasteiger partial charge is 0.123 e. The lowest BCUT2D eigenvalue weighted by Crippen LogP contribution is -2.24. The maximum atomic E-state index is 9.44. The molecule has 0 atom stereocenters. The molecule has 0 amide bonds. The van der Waals surface area contributed by atoms with Gasteiger partial charge in [-0.1, -0.05) is 35.9 Å². The summed E-state index contributed by atoms with van der Waals surface area (Å²) in [5.41, 5.74) is 4.93. The fourth-order valence-corrected chi connectivity index (χ4v) is 2.80. The number of ether oxygens (including phenoxy) is 1.